The highest BCUT2D eigenvalue weighted by atomic mass is 35.5. The number of carbonyl (C=O) groups is 1. The van der Waals surface area contributed by atoms with E-state index in [-0.39, 0.29) is 10.7 Å². The monoisotopic (exact) mass is 252 g/mol. The summed E-state index contributed by atoms with van der Waals surface area (Å²) in [5.74, 6) is 1.59. The van der Waals surface area contributed by atoms with Gasteiger partial charge < -0.3 is 9.73 Å². The Morgan fingerprint density at radius 2 is 2.29 bits per heavy atom. The summed E-state index contributed by atoms with van der Waals surface area (Å²) in [7, 11) is 0. The predicted molar refractivity (Wildman–Crippen MR) is 61.0 cm³/mol. The maximum absolute atomic E-state index is 10.8. The maximum atomic E-state index is 10.8. The molecule has 2 aromatic rings. The molecule has 0 saturated carbocycles. The Hall–Kier alpha value is -1.95. The van der Waals surface area contributed by atoms with Gasteiger partial charge in [0.1, 0.15) is 23.1 Å². The number of hydrogen-bond donors (Lipinski definition) is 1. The van der Waals surface area contributed by atoms with E-state index in [1.807, 2.05) is 0 Å². The molecule has 2 aromatic heterocycles. The lowest BCUT2D eigenvalue weighted by Gasteiger charge is -2.05. The summed E-state index contributed by atoms with van der Waals surface area (Å²) >= 11 is 5.75. The van der Waals surface area contributed by atoms with Gasteiger partial charge in [0.25, 0.3) is 0 Å². The topological polar surface area (TPSA) is 80.9 Å². The van der Waals surface area contributed by atoms with Gasteiger partial charge in [-0.3, -0.25) is 4.79 Å². The standard InChI is InChI=1S/C10H9ClN4O2/c1-6-2-12-8(17-6)3-13-10-7(4-16)9(11)14-5-15-10/h2,4-5H,3H2,1H3,(H,13,14,15). The summed E-state index contributed by atoms with van der Waals surface area (Å²) < 4.78 is 5.27. The van der Waals surface area contributed by atoms with Gasteiger partial charge in [0.2, 0.25) is 5.89 Å². The van der Waals surface area contributed by atoms with Gasteiger partial charge in [0.05, 0.1) is 18.3 Å². The van der Waals surface area contributed by atoms with Crippen LogP contribution in [0.2, 0.25) is 5.15 Å². The van der Waals surface area contributed by atoms with Crippen LogP contribution in [0.25, 0.3) is 0 Å². The molecule has 0 spiro atoms. The van der Waals surface area contributed by atoms with Crippen molar-refractivity contribution in [1.29, 1.82) is 0 Å². The van der Waals surface area contributed by atoms with Gasteiger partial charge in [-0.1, -0.05) is 11.6 Å². The number of aryl methyl sites for hydroxylation is 1. The lowest BCUT2D eigenvalue weighted by molar-refractivity contribution is 0.112. The van der Waals surface area contributed by atoms with E-state index in [4.69, 9.17) is 16.0 Å². The molecule has 0 aliphatic rings. The van der Waals surface area contributed by atoms with Crippen LogP contribution in [-0.2, 0) is 6.54 Å². The summed E-state index contributed by atoms with van der Waals surface area (Å²) in [5, 5.41) is 3.02. The third kappa shape index (κ3) is 2.59. The van der Waals surface area contributed by atoms with E-state index in [0.717, 1.165) is 5.76 Å². The Morgan fingerprint density at radius 1 is 1.47 bits per heavy atom. The fourth-order valence-corrected chi connectivity index (χ4v) is 1.44. The normalized spacial score (nSPS) is 10.2. The molecule has 0 radical (unpaired) electrons. The highest BCUT2D eigenvalue weighted by molar-refractivity contribution is 6.32. The molecule has 0 aliphatic heterocycles. The van der Waals surface area contributed by atoms with Crippen LogP contribution >= 0.6 is 11.6 Å². The molecule has 17 heavy (non-hydrogen) atoms. The van der Waals surface area contributed by atoms with Gasteiger partial charge in [-0.2, -0.15) is 0 Å². The van der Waals surface area contributed by atoms with Crippen molar-refractivity contribution in [3.05, 3.63) is 34.9 Å². The second kappa shape index (κ2) is 4.92. The first-order valence-corrected chi connectivity index (χ1v) is 5.19. The number of aldehydes is 1. The van der Waals surface area contributed by atoms with Gasteiger partial charge in [0.15, 0.2) is 6.29 Å². The molecule has 88 valence electrons. The van der Waals surface area contributed by atoms with Crippen molar-refractivity contribution in [2.75, 3.05) is 5.32 Å². The minimum atomic E-state index is 0.112. The van der Waals surface area contributed by atoms with Crippen LogP contribution in [0.3, 0.4) is 0 Å². The minimum absolute atomic E-state index is 0.112. The molecular weight excluding hydrogens is 244 g/mol. The Bertz CT molecular complexity index is 541. The summed E-state index contributed by atoms with van der Waals surface area (Å²) in [6, 6.07) is 0. The van der Waals surface area contributed by atoms with E-state index in [0.29, 0.717) is 24.5 Å². The number of carbonyl (C=O) groups excluding carboxylic acids is 1. The molecule has 0 saturated heterocycles. The lowest BCUT2D eigenvalue weighted by atomic mass is 10.3. The number of aromatic nitrogens is 3. The second-order valence-corrected chi connectivity index (χ2v) is 3.62. The van der Waals surface area contributed by atoms with E-state index in [1.54, 1.807) is 13.1 Å². The van der Waals surface area contributed by atoms with Gasteiger partial charge in [-0.15, -0.1) is 0 Å². The predicted octanol–water partition coefficient (Wildman–Crippen LogP) is 1.85. The lowest BCUT2D eigenvalue weighted by Crippen LogP contribution is -2.05. The Labute approximate surface area is 102 Å². The first-order chi connectivity index (χ1) is 8.20. The number of nitrogens with zero attached hydrogens (tertiary/aromatic N) is 3. The van der Waals surface area contributed by atoms with Gasteiger partial charge in [-0.05, 0) is 6.92 Å². The van der Waals surface area contributed by atoms with Crippen molar-refractivity contribution in [3.8, 4) is 0 Å². The van der Waals surface area contributed by atoms with Gasteiger partial charge in [0, 0.05) is 0 Å². The van der Waals surface area contributed by atoms with Crippen molar-refractivity contribution >= 4 is 23.7 Å². The van der Waals surface area contributed by atoms with Crippen LogP contribution in [0.15, 0.2) is 16.9 Å². The fourth-order valence-electron chi connectivity index (χ4n) is 1.26. The number of halogens is 1. The molecule has 0 aliphatic carbocycles. The molecule has 0 fully saturated rings. The minimum Gasteiger partial charge on any atom is -0.444 e. The van der Waals surface area contributed by atoms with Gasteiger partial charge >= 0.3 is 0 Å². The van der Waals surface area contributed by atoms with Gasteiger partial charge in [-0.25, -0.2) is 15.0 Å². The number of oxazole rings is 1. The highest BCUT2D eigenvalue weighted by Crippen LogP contribution is 2.17. The summed E-state index contributed by atoms with van der Waals surface area (Å²) in [5.41, 5.74) is 0.220. The quantitative estimate of drug-likeness (QED) is 0.661. The van der Waals surface area contributed by atoms with Crippen LogP contribution in [0.1, 0.15) is 22.0 Å². The zero-order chi connectivity index (χ0) is 12.3. The number of anilines is 1. The molecule has 0 unspecified atom stereocenters. The van der Waals surface area contributed by atoms with E-state index >= 15 is 0 Å². The van der Waals surface area contributed by atoms with E-state index in [9.17, 15) is 4.79 Å². The summed E-state index contributed by atoms with van der Waals surface area (Å²) in [4.78, 5) is 22.5. The van der Waals surface area contributed by atoms with E-state index in [2.05, 4.69) is 20.3 Å². The van der Waals surface area contributed by atoms with Crippen LogP contribution < -0.4 is 5.32 Å². The third-order valence-corrected chi connectivity index (χ3v) is 2.33. The smallest absolute Gasteiger partial charge is 0.213 e. The average Bonchev–Trinajstić information content (AvgIpc) is 2.72. The second-order valence-electron chi connectivity index (χ2n) is 3.26. The van der Waals surface area contributed by atoms with Crippen LogP contribution in [0.4, 0.5) is 5.82 Å². The largest absolute Gasteiger partial charge is 0.444 e. The number of rotatable bonds is 4. The fraction of sp³-hybridized carbons (Fsp3) is 0.200. The first kappa shape index (κ1) is 11.5. The van der Waals surface area contributed by atoms with Crippen molar-refractivity contribution < 1.29 is 9.21 Å². The average molecular weight is 253 g/mol. The van der Waals surface area contributed by atoms with Crippen molar-refractivity contribution in [3.63, 3.8) is 0 Å². The Balaban J connectivity index is 2.14. The maximum Gasteiger partial charge on any atom is 0.213 e. The third-order valence-electron chi connectivity index (χ3n) is 2.03. The van der Waals surface area contributed by atoms with Crippen LogP contribution in [0, 0.1) is 6.92 Å². The molecule has 7 heteroatoms. The summed E-state index contributed by atoms with van der Waals surface area (Å²) in [6.07, 6.45) is 3.49. The molecule has 2 heterocycles. The van der Waals surface area contributed by atoms with Crippen molar-refractivity contribution in [2.45, 2.75) is 13.5 Å². The zero-order valence-corrected chi connectivity index (χ0v) is 9.73. The highest BCUT2D eigenvalue weighted by Gasteiger charge is 2.09. The van der Waals surface area contributed by atoms with Crippen LogP contribution in [-0.4, -0.2) is 21.2 Å². The number of nitrogens with one attached hydrogen (secondary N) is 1. The molecule has 2 rings (SSSR count). The molecular formula is C10H9ClN4O2. The van der Waals surface area contributed by atoms with Crippen LogP contribution in [0.5, 0.6) is 0 Å². The van der Waals surface area contributed by atoms with Crippen molar-refractivity contribution in [1.82, 2.24) is 15.0 Å². The van der Waals surface area contributed by atoms with E-state index in [1.165, 1.54) is 6.33 Å². The number of hydrogen-bond acceptors (Lipinski definition) is 6. The zero-order valence-electron chi connectivity index (χ0n) is 8.98. The van der Waals surface area contributed by atoms with E-state index < -0.39 is 0 Å². The molecule has 0 aromatic carbocycles. The Morgan fingerprint density at radius 3 is 2.94 bits per heavy atom. The first-order valence-electron chi connectivity index (χ1n) is 4.81. The van der Waals surface area contributed by atoms with Crippen molar-refractivity contribution in [2.24, 2.45) is 0 Å². The Kier molecular flexibility index (Phi) is 3.34. The molecule has 1 N–H and O–H groups in total. The summed E-state index contributed by atoms with van der Waals surface area (Å²) in [6.45, 7) is 2.12. The molecule has 6 nitrogen and oxygen atoms in total. The molecule has 0 atom stereocenters. The SMILES string of the molecule is Cc1cnc(CNc2ncnc(Cl)c2C=O)o1. The molecule has 0 amide bonds. The molecule has 0 bridgehead atoms.